The van der Waals surface area contributed by atoms with Gasteiger partial charge >= 0.3 is 0 Å². The van der Waals surface area contributed by atoms with Crippen LogP contribution in [0.3, 0.4) is 0 Å². The van der Waals surface area contributed by atoms with Crippen LogP contribution >= 0.6 is 0 Å². The molecule has 2 N–H and O–H groups in total. The maximum Gasteiger partial charge on any atom is 0.244 e. The third-order valence-electron chi connectivity index (χ3n) is 5.51. The molecule has 1 fully saturated rings. The Morgan fingerprint density at radius 1 is 1.17 bits per heavy atom. The highest BCUT2D eigenvalue weighted by atomic mass is 32.2. The van der Waals surface area contributed by atoms with Gasteiger partial charge in [-0.2, -0.15) is 0 Å². The molecule has 2 rings (SSSR count). The zero-order chi connectivity index (χ0) is 22.0. The maximum absolute atomic E-state index is 13.5. The SMILES string of the molecule is CCCCOc1cc(C)c(C(C)C)cc1S(=O)(=O)NC1CC(C)(C)NC(C)(C)C1. The number of rotatable bonds is 8. The molecule has 1 aliphatic rings. The van der Waals surface area contributed by atoms with Gasteiger partial charge in [-0.15, -0.1) is 0 Å². The summed E-state index contributed by atoms with van der Waals surface area (Å²) in [6.45, 7) is 17.3. The molecule has 1 aliphatic heterocycles. The van der Waals surface area contributed by atoms with Crippen molar-refractivity contribution in [3.8, 4) is 5.75 Å². The van der Waals surface area contributed by atoms with E-state index >= 15 is 0 Å². The standard InChI is InChI=1S/C23H40N2O3S/c1-9-10-11-28-20-12-17(4)19(16(2)3)13-21(20)29(26,27)24-18-14-22(5,6)25-23(7,8)15-18/h12-13,16,18,24-25H,9-11,14-15H2,1-8H3. The quantitative estimate of drug-likeness (QED) is 0.583. The molecule has 0 atom stereocenters. The Kier molecular flexibility index (Phi) is 7.45. The van der Waals surface area contributed by atoms with Gasteiger partial charge in [0.05, 0.1) is 6.61 Å². The largest absolute Gasteiger partial charge is 0.492 e. The monoisotopic (exact) mass is 424 g/mol. The molecule has 1 heterocycles. The van der Waals surface area contributed by atoms with Crippen LogP contribution in [0.25, 0.3) is 0 Å². The van der Waals surface area contributed by atoms with E-state index in [1.807, 2.05) is 13.0 Å². The Labute approximate surface area is 178 Å². The number of sulfonamides is 1. The number of benzene rings is 1. The molecule has 29 heavy (non-hydrogen) atoms. The summed E-state index contributed by atoms with van der Waals surface area (Å²) in [6.07, 6.45) is 3.38. The van der Waals surface area contributed by atoms with E-state index in [0.717, 1.165) is 36.8 Å². The molecule has 1 saturated heterocycles. The first kappa shape index (κ1) is 24.2. The second kappa shape index (κ2) is 8.94. The molecule has 5 nitrogen and oxygen atoms in total. The summed E-state index contributed by atoms with van der Waals surface area (Å²) >= 11 is 0. The van der Waals surface area contributed by atoms with E-state index in [-0.39, 0.29) is 27.9 Å². The fraction of sp³-hybridized carbons (Fsp3) is 0.739. The van der Waals surface area contributed by atoms with Crippen molar-refractivity contribution >= 4 is 10.0 Å². The van der Waals surface area contributed by atoms with Gasteiger partial charge in [0.1, 0.15) is 10.6 Å². The summed E-state index contributed by atoms with van der Waals surface area (Å²) < 4.78 is 35.8. The average molecular weight is 425 g/mol. The fourth-order valence-corrected chi connectivity index (χ4v) is 6.03. The van der Waals surface area contributed by atoms with Gasteiger partial charge in [0.25, 0.3) is 0 Å². The van der Waals surface area contributed by atoms with Crippen LogP contribution in [-0.2, 0) is 10.0 Å². The molecule has 166 valence electrons. The third-order valence-corrected chi connectivity index (χ3v) is 7.05. The van der Waals surface area contributed by atoms with Crippen molar-refractivity contribution < 1.29 is 13.2 Å². The van der Waals surface area contributed by atoms with E-state index in [1.54, 1.807) is 6.07 Å². The minimum absolute atomic E-state index is 0.126. The molecule has 1 aromatic rings. The molecule has 0 aliphatic carbocycles. The zero-order valence-electron chi connectivity index (χ0n) is 19.5. The van der Waals surface area contributed by atoms with Gasteiger partial charge in [-0.25, -0.2) is 13.1 Å². The second-order valence-corrected chi connectivity index (χ2v) is 11.8. The molecule has 1 aromatic carbocycles. The predicted molar refractivity (Wildman–Crippen MR) is 120 cm³/mol. The van der Waals surface area contributed by atoms with Crippen LogP contribution in [0, 0.1) is 6.92 Å². The third kappa shape index (κ3) is 6.43. The van der Waals surface area contributed by atoms with Crippen LogP contribution in [-0.4, -0.2) is 32.1 Å². The molecule has 0 unspecified atom stereocenters. The van der Waals surface area contributed by atoms with Crippen molar-refractivity contribution in [2.45, 2.75) is 109 Å². The van der Waals surface area contributed by atoms with Crippen molar-refractivity contribution in [1.29, 1.82) is 0 Å². The lowest BCUT2D eigenvalue weighted by atomic mass is 9.80. The van der Waals surface area contributed by atoms with Crippen molar-refractivity contribution in [2.24, 2.45) is 0 Å². The van der Waals surface area contributed by atoms with Crippen LogP contribution in [0.1, 0.15) is 91.2 Å². The predicted octanol–water partition coefficient (Wildman–Crippen LogP) is 4.88. The molecule has 0 radical (unpaired) electrons. The lowest BCUT2D eigenvalue weighted by Gasteiger charge is -2.46. The summed E-state index contributed by atoms with van der Waals surface area (Å²) in [4.78, 5) is 0.261. The van der Waals surface area contributed by atoms with Gasteiger partial charge < -0.3 is 10.1 Å². The number of ether oxygens (including phenoxy) is 1. The van der Waals surface area contributed by atoms with Gasteiger partial charge in [0.2, 0.25) is 10.0 Å². The number of unbranched alkanes of at least 4 members (excludes halogenated alkanes) is 1. The first-order valence-electron chi connectivity index (χ1n) is 10.9. The summed E-state index contributed by atoms with van der Waals surface area (Å²) in [5, 5.41) is 3.61. The second-order valence-electron chi connectivity index (χ2n) is 10.1. The Morgan fingerprint density at radius 2 is 1.76 bits per heavy atom. The van der Waals surface area contributed by atoms with Gasteiger partial charge in [-0.3, -0.25) is 0 Å². The van der Waals surface area contributed by atoms with E-state index in [9.17, 15) is 8.42 Å². The molecule has 0 amide bonds. The van der Waals surface area contributed by atoms with Gasteiger partial charge in [-0.05, 0) is 83.1 Å². The highest BCUT2D eigenvalue weighted by molar-refractivity contribution is 7.89. The Bertz CT molecular complexity index is 798. The maximum atomic E-state index is 13.5. The molecule has 0 aromatic heterocycles. The van der Waals surface area contributed by atoms with Crippen LogP contribution in [0.4, 0.5) is 0 Å². The lowest BCUT2D eigenvalue weighted by molar-refractivity contribution is 0.157. The zero-order valence-corrected chi connectivity index (χ0v) is 20.3. The van der Waals surface area contributed by atoms with Crippen molar-refractivity contribution in [1.82, 2.24) is 10.0 Å². The molecule has 6 heteroatoms. The highest BCUT2D eigenvalue weighted by Gasteiger charge is 2.39. The fourth-order valence-electron chi connectivity index (χ4n) is 4.64. The Balaban J connectivity index is 2.39. The van der Waals surface area contributed by atoms with Gasteiger partial charge in [0.15, 0.2) is 0 Å². The molecule has 0 bridgehead atoms. The van der Waals surface area contributed by atoms with Crippen LogP contribution in [0.2, 0.25) is 0 Å². The lowest BCUT2D eigenvalue weighted by Crippen LogP contribution is -2.62. The topological polar surface area (TPSA) is 67.4 Å². The molecular formula is C23H40N2O3S. The summed E-state index contributed by atoms with van der Waals surface area (Å²) in [7, 11) is -3.70. The number of piperidine rings is 1. The van der Waals surface area contributed by atoms with E-state index in [4.69, 9.17) is 4.74 Å². The Hall–Kier alpha value is -1.11. The Morgan fingerprint density at radius 3 is 2.28 bits per heavy atom. The van der Waals surface area contributed by atoms with E-state index in [2.05, 4.69) is 58.5 Å². The van der Waals surface area contributed by atoms with Gasteiger partial charge in [0, 0.05) is 17.1 Å². The highest BCUT2D eigenvalue weighted by Crippen LogP contribution is 2.34. The van der Waals surface area contributed by atoms with Crippen molar-refractivity contribution in [3.05, 3.63) is 23.3 Å². The first-order valence-corrected chi connectivity index (χ1v) is 12.3. The smallest absolute Gasteiger partial charge is 0.244 e. The minimum Gasteiger partial charge on any atom is -0.492 e. The van der Waals surface area contributed by atoms with Crippen LogP contribution in [0.15, 0.2) is 17.0 Å². The number of nitrogens with one attached hydrogen (secondary N) is 2. The molecule has 0 spiro atoms. The van der Waals surface area contributed by atoms with Gasteiger partial charge in [-0.1, -0.05) is 27.2 Å². The summed E-state index contributed by atoms with van der Waals surface area (Å²) in [6, 6.07) is 3.56. The number of aryl methyl sites for hydroxylation is 1. The summed E-state index contributed by atoms with van der Waals surface area (Å²) in [5.41, 5.74) is 1.84. The van der Waals surface area contributed by atoms with E-state index in [0.29, 0.717) is 12.4 Å². The van der Waals surface area contributed by atoms with E-state index in [1.165, 1.54) is 0 Å². The normalized spacial score (nSPS) is 19.5. The van der Waals surface area contributed by atoms with E-state index < -0.39 is 10.0 Å². The molecular weight excluding hydrogens is 384 g/mol. The van der Waals surface area contributed by atoms with Crippen molar-refractivity contribution in [3.63, 3.8) is 0 Å². The average Bonchev–Trinajstić information content (AvgIpc) is 2.50. The summed E-state index contributed by atoms with van der Waals surface area (Å²) in [5.74, 6) is 0.700. The number of hydrogen-bond acceptors (Lipinski definition) is 4. The number of hydrogen-bond donors (Lipinski definition) is 2. The van der Waals surface area contributed by atoms with Crippen LogP contribution in [0.5, 0.6) is 5.75 Å². The first-order chi connectivity index (χ1) is 13.3. The van der Waals surface area contributed by atoms with Crippen molar-refractivity contribution in [2.75, 3.05) is 6.61 Å². The molecule has 0 saturated carbocycles. The van der Waals surface area contributed by atoms with Crippen LogP contribution < -0.4 is 14.8 Å². The minimum atomic E-state index is -3.70.